The number of aliphatic hydroxyl groups is 2. The molecule has 0 heterocycles. The summed E-state index contributed by atoms with van der Waals surface area (Å²) in [5.41, 5.74) is -1.49. The SMILES string of the molecule is C=C1CCC(C)(/C=C/C(O)[C@@H](C)[C@H]2CC[C@H]3[C@@H]4C[C@H](OS(=O)(=O)[O-])[C@H]5C[C@@H](O)[C@@H](OS(=O)(=O)[O-])C[C@]5(C)[C@H]4CC[C@]23C)C1CC[C@@H](C)[C@H]1CC[C@H]2[C@@H]3C[C@H](OS(=O)(=O)[O-])[C@H]4C[C@H](OS(=O)(=O)[O-])[C@@H](OS(=O)(=O)[O-])C[C@]4(C)[C@H]3CC[C@]12C.[Na+].[Na+].[Na+].[Na+].[Na+]. The van der Waals surface area contributed by atoms with Crippen LogP contribution in [0, 0.1) is 104 Å². The fourth-order valence-corrected chi connectivity index (χ4v) is 23.5. The molecule has 0 aromatic carbocycles. The van der Waals surface area contributed by atoms with Crippen molar-refractivity contribution in [3.05, 3.63) is 24.3 Å². The van der Waals surface area contributed by atoms with Crippen LogP contribution in [-0.2, 0) is 72.9 Å². The number of aliphatic hydroxyl groups excluding tert-OH is 2. The molecule has 0 aromatic heterocycles. The topological polar surface area (TPSA) is 373 Å². The number of hydrogen-bond donors (Lipinski definition) is 2. The summed E-state index contributed by atoms with van der Waals surface area (Å²) >= 11 is 0. The van der Waals surface area contributed by atoms with Crippen molar-refractivity contribution in [3.63, 3.8) is 0 Å². The third-order valence-electron chi connectivity index (χ3n) is 24.3. The molecule has 0 aliphatic heterocycles. The van der Waals surface area contributed by atoms with Crippen LogP contribution >= 0.6 is 0 Å². The van der Waals surface area contributed by atoms with E-state index in [-0.39, 0.29) is 261 Å². The summed E-state index contributed by atoms with van der Waals surface area (Å²) in [6.45, 7) is 19.3. The van der Waals surface area contributed by atoms with Crippen LogP contribution in [-0.4, -0.2) is 118 Å². The van der Waals surface area contributed by atoms with E-state index in [9.17, 15) is 75.1 Å². The summed E-state index contributed by atoms with van der Waals surface area (Å²) in [4.78, 5) is 0. The van der Waals surface area contributed by atoms with Gasteiger partial charge in [0.2, 0.25) is 52.0 Å². The molecule has 9 rings (SSSR count). The predicted molar refractivity (Wildman–Crippen MR) is 284 cm³/mol. The van der Waals surface area contributed by atoms with Gasteiger partial charge in [0.15, 0.2) is 0 Å². The molecule has 86 heavy (non-hydrogen) atoms. The van der Waals surface area contributed by atoms with Crippen molar-refractivity contribution in [1.82, 2.24) is 0 Å². The van der Waals surface area contributed by atoms with Crippen LogP contribution in [0.15, 0.2) is 24.3 Å². The van der Waals surface area contributed by atoms with Gasteiger partial charge < -0.3 is 33.0 Å². The molecule has 2 N–H and O–H groups in total. The minimum absolute atomic E-state index is 0. The van der Waals surface area contributed by atoms with Gasteiger partial charge in [0.05, 0.1) is 24.4 Å². The molecule has 3 unspecified atom stereocenters. The Morgan fingerprint density at radius 2 is 0.919 bits per heavy atom. The molecule has 25 atom stereocenters. The van der Waals surface area contributed by atoms with E-state index in [4.69, 9.17) is 20.9 Å². The van der Waals surface area contributed by atoms with Gasteiger partial charge in [-0.25, -0.2) is 42.1 Å². The number of rotatable bonds is 18. The zero-order valence-corrected chi connectivity index (χ0v) is 66.3. The minimum Gasteiger partial charge on any atom is -0.726 e. The van der Waals surface area contributed by atoms with Crippen molar-refractivity contribution in [1.29, 1.82) is 0 Å². The maximum atomic E-state index is 12.3. The number of allylic oxidation sites excluding steroid dienone is 2. The van der Waals surface area contributed by atoms with Gasteiger partial charge >= 0.3 is 148 Å². The van der Waals surface area contributed by atoms with Gasteiger partial charge in [-0.1, -0.05) is 72.8 Å². The second-order valence-electron chi connectivity index (χ2n) is 28.0. The summed E-state index contributed by atoms with van der Waals surface area (Å²) < 4.78 is 205. The van der Waals surface area contributed by atoms with Crippen molar-refractivity contribution in [3.8, 4) is 0 Å². The molecule has 0 saturated heterocycles. The van der Waals surface area contributed by atoms with E-state index in [1.807, 2.05) is 13.0 Å². The molecule has 22 nitrogen and oxygen atoms in total. The average Bonchev–Trinajstić information content (AvgIpc) is 1.25. The van der Waals surface area contributed by atoms with E-state index in [1.54, 1.807) is 6.92 Å². The van der Waals surface area contributed by atoms with E-state index < -0.39 is 124 Å². The molecule has 0 aromatic rings. The smallest absolute Gasteiger partial charge is 0.726 e. The normalized spacial score (nSPS) is 44.2. The van der Waals surface area contributed by atoms with Crippen molar-refractivity contribution in [2.24, 2.45) is 104 Å². The van der Waals surface area contributed by atoms with Crippen LogP contribution in [0.1, 0.15) is 164 Å². The second-order valence-corrected chi connectivity index (χ2v) is 33.1. The van der Waals surface area contributed by atoms with Crippen LogP contribution in [0.3, 0.4) is 0 Å². The Hall–Kier alpha value is 3.75. The van der Waals surface area contributed by atoms with Crippen LogP contribution in [0.2, 0.25) is 0 Å². The molecule has 0 bridgehead atoms. The van der Waals surface area contributed by atoms with Gasteiger partial charge in [-0.15, -0.1) is 0 Å². The molecule has 9 aliphatic carbocycles. The molecule has 9 fully saturated rings. The van der Waals surface area contributed by atoms with Crippen LogP contribution in [0.25, 0.3) is 0 Å². The van der Waals surface area contributed by atoms with Gasteiger partial charge in [0, 0.05) is 0 Å². The maximum Gasteiger partial charge on any atom is 1.00 e. The van der Waals surface area contributed by atoms with E-state index in [2.05, 4.69) is 47.3 Å². The fourth-order valence-electron chi connectivity index (χ4n) is 21.0. The molecular weight excluding hydrogens is 1280 g/mol. The number of fused-ring (bicyclic) bond motifs is 10. The monoisotopic (exact) mass is 1360 g/mol. The Morgan fingerprint density at radius 1 is 0.523 bits per heavy atom. The molecule has 9 aliphatic rings. The average molecular weight is 1360 g/mol. The molecule has 466 valence electrons. The molecule has 0 amide bonds. The Kier molecular flexibility index (Phi) is 28.4. The van der Waals surface area contributed by atoms with Crippen molar-refractivity contribution < 1.29 is 244 Å². The third-order valence-corrected chi connectivity index (χ3v) is 26.8. The third kappa shape index (κ3) is 17.2. The first-order valence-electron chi connectivity index (χ1n) is 29.0. The zero-order valence-electron chi connectivity index (χ0n) is 52.2. The van der Waals surface area contributed by atoms with Crippen molar-refractivity contribution >= 4 is 52.0 Å². The van der Waals surface area contributed by atoms with Gasteiger partial charge in [-0.3, -0.25) is 20.9 Å². The Balaban J connectivity index is 0.00000317. The van der Waals surface area contributed by atoms with Crippen molar-refractivity contribution in [2.45, 2.75) is 207 Å². The molecule has 32 heteroatoms. The van der Waals surface area contributed by atoms with Gasteiger partial charge in [0.1, 0.15) is 18.3 Å². The van der Waals surface area contributed by atoms with Gasteiger partial charge in [-0.2, -0.15) is 0 Å². The van der Waals surface area contributed by atoms with E-state index >= 15 is 0 Å². The first kappa shape index (κ1) is 82.2. The summed E-state index contributed by atoms with van der Waals surface area (Å²) in [7, 11) is -26.5. The quantitative estimate of drug-likeness (QED) is 0.0557. The molecule has 0 spiro atoms. The number of hydrogen-bond acceptors (Lipinski definition) is 22. The standard InChI is InChI=1S/C54H88O22S5.5Na/c1-29(35-11-13-37-32-24-46(73-78(60,61)62)42-26-47(74-79(63,64)65)49(76-81(69,70)71)28-54(42,8)40(32)16-21-51(35,37)5)9-10-34-30(2)15-19-50(34,4)20-18-43(55)31(3)36-12-14-38-33-23-45(72-77(57,58)59)41-25-44(56)48(75-80(66,67)68)27-53(41,7)39(33)17-22-52(36,38)6;;;;;/h18,20,29,31-49,55-56H,2,9-17,19,21-28H2,1,3-8H3,(H,57,58,59)(H,60,61,62)(H,63,64,65)(H,66,67,68)(H,69,70,71);;;;;/q;5*+1/p-5/b20-18+;;;;;/t29-,31+,32+,33+,34?,35-,36-,37+,38+,39+,40+,41-,42-,43?,44-,45+,46+,47+,48+,49+,50?,51-,52-,53-,54-;;;;;/m1...../s1. The molecule has 0 radical (unpaired) electrons. The first-order valence-corrected chi connectivity index (χ1v) is 35.7. The summed E-state index contributed by atoms with van der Waals surface area (Å²) in [6.07, 6.45) is 3.95. The Labute approximate surface area is 622 Å². The molecular formula is C54H83Na5O22S5. The van der Waals surface area contributed by atoms with E-state index in [1.165, 1.54) is 0 Å². The van der Waals surface area contributed by atoms with Gasteiger partial charge in [-0.05, 0) is 220 Å². The largest absolute Gasteiger partial charge is 1.00 e. The Morgan fingerprint density at radius 3 is 1.40 bits per heavy atom. The predicted octanol–water partition coefficient (Wildman–Crippen LogP) is -8.71. The molecule has 9 saturated carbocycles. The Bertz CT molecular complexity index is 3020. The summed E-state index contributed by atoms with van der Waals surface area (Å²) in [6, 6.07) is 0. The van der Waals surface area contributed by atoms with Crippen LogP contribution in [0.5, 0.6) is 0 Å². The maximum absolute atomic E-state index is 12.3. The van der Waals surface area contributed by atoms with Gasteiger partial charge in [0.25, 0.3) is 0 Å². The second kappa shape index (κ2) is 29.7. The van der Waals surface area contributed by atoms with Crippen molar-refractivity contribution in [2.75, 3.05) is 0 Å². The van der Waals surface area contributed by atoms with E-state index in [0.29, 0.717) is 12.8 Å². The van der Waals surface area contributed by atoms with E-state index in [0.717, 1.165) is 69.8 Å². The summed E-state index contributed by atoms with van der Waals surface area (Å²) in [5, 5.41) is 23.1. The van der Waals surface area contributed by atoms with Crippen LogP contribution < -0.4 is 148 Å². The first-order chi connectivity index (χ1) is 37.1. The van der Waals surface area contributed by atoms with Crippen LogP contribution in [0.4, 0.5) is 0 Å². The fraction of sp³-hybridized carbons (Fsp3) is 0.926. The zero-order chi connectivity index (χ0) is 59.8. The minimum atomic E-state index is -5.44. The summed E-state index contributed by atoms with van der Waals surface area (Å²) in [5.74, 6) is -1.43.